The molecule has 0 atom stereocenters. The molecule has 5 nitrogen and oxygen atoms in total. The number of H-pyrrole nitrogens is 1. The Balaban J connectivity index is 1.71. The molecular formula is C21H17N3O2S. The van der Waals surface area contributed by atoms with Crippen molar-refractivity contribution in [2.45, 2.75) is 9.79 Å². The van der Waals surface area contributed by atoms with Gasteiger partial charge in [0.15, 0.2) is 0 Å². The summed E-state index contributed by atoms with van der Waals surface area (Å²) in [7, 11) is -3.64. The predicted molar refractivity (Wildman–Crippen MR) is 108 cm³/mol. The molecule has 0 radical (unpaired) electrons. The number of nitrogens with one attached hydrogen (secondary N) is 1. The summed E-state index contributed by atoms with van der Waals surface area (Å²) in [6.07, 6.45) is 3.87. The molecule has 4 rings (SSSR count). The Morgan fingerprint density at radius 2 is 1.63 bits per heavy atom. The van der Waals surface area contributed by atoms with Crippen LogP contribution < -0.4 is 5.73 Å². The number of anilines is 1. The van der Waals surface area contributed by atoms with Gasteiger partial charge in [0.05, 0.1) is 21.0 Å². The van der Waals surface area contributed by atoms with E-state index < -0.39 is 9.84 Å². The van der Waals surface area contributed by atoms with Crippen LogP contribution in [-0.2, 0) is 9.84 Å². The second-order valence-corrected chi connectivity index (χ2v) is 8.09. The maximum absolute atomic E-state index is 12.8. The Labute approximate surface area is 157 Å². The predicted octanol–water partition coefficient (Wildman–Crippen LogP) is 4.15. The molecule has 1 heterocycles. The van der Waals surface area contributed by atoms with E-state index in [1.807, 2.05) is 42.5 Å². The van der Waals surface area contributed by atoms with Gasteiger partial charge in [-0.15, -0.1) is 0 Å². The van der Waals surface area contributed by atoms with Crippen molar-refractivity contribution in [3.05, 3.63) is 84.1 Å². The number of aromatic nitrogens is 2. The van der Waals surface area contributed by atoms with Crippen LogP contribution in [0, 0.1) is 0 Å². The van der Waals surface area contributed by atoms with Crippen LogP contribution in [0.5, 0.6) is 0 Å². The first-order valence-electron chi connectivity index (χ1n) is 8.36. The lowest BCUT2D eigenvalue weighted by Gasteiger charge is -2.05. The van der Waals surface area contributed by atoms with Crippen LogP contribution in [0.1, 0.15) is 11.3 Å². The third-order valence-electron chi connectivity index (χ3n) is 4.28. The molecule has 1 aromatic heterocycles. The van der Waals surface area contributed by atoms with Crippen LogP contribution >= 0.6 is 0 Å². The maximum Gasteiger partial charge on any atom is 0.206 e. The summed E-state index contributed by atoms with van der Waals surface area (Å²) in [5.41, 5.74) is 8.61. The summed E-state index contributed by atoms with van der Waals surface area (Å²) in [4.78, 5) is 0.369. The van der Waals surface area contributed by atoms with Crippen molar-refractivity contribution in [1.82, 2.24) is 10.2 Å². The molecule has 0 fully saturated rings. The van der Waals surface area contributed by atoms with E-state index in [1.54, 1.807) is 30.3 Å². The number of nitrogens with two attached hydrogens (primary N) is 1. The zero-order valence-electron chi connectivity index (χ0n) is 14.3. The zero-order chi connectivity index (χ0) is 18.9. The van der Waals surface area contributed by atoms with Crippen LogP contribution in [0.3, 0.4) is 0 Å². The van der Waals surface area contributed by atoms with Crippen LogP contribution in [0.4, 0.5) is 5.69 Å². The van der Waals surface area contributed by atoms with E-state index >= 15 is 0 Å². The lowest BCUT2D eigenvalue weighted by Crippen LogP contribution is -2.02. The highest BCUT2D eigenvalue weighted by Crippen LogP contribution is 2.26. The molecule has 0 aliphatic rings. The molecule has 0 bridgehead atoms. The average Bonchev–Trinajstić information content (AvgIpc) is 3.09. The first-order chi connectivity index (χ1) is 13.0. The molecule has 0 aliphatic carbocycles. The minimum Gasteiger partial charge on any atom is -0.399 e. The number of aromatic amines is 1. The third kappa shape index (κ3) is 3.35. The fourth-order valence-electron chi connectivity index (χ4n) is 2.87. The lowest BCUT2D eigenvalue weighted by molar-refractivity contribution is 0.596. The summed E-state index contributed by atoms with van der Waals surface area (Å²) >= 11 is 0. The third-order valence-corrected chi connectivity index (χ3v) is 6.02. The smallest absolute Gasteiger partial charge is 0.206 e. The van der Waals surface area contributed by atoms with Crippen molar-refractivity contribution in [2.75, 3.05) is 5.73 Å². The van der Waals surface area contributed by atoms with E-state index in [0.29, 0.717) is 11.2 Å². The molecule has 134 valence electrons. The van der Waals surface area contributed by atoms with Gasteiger partial charge in [-0.3, -0.25) is 5.10 Å². The normalized spacial score (nSPS) is 12.0. The van der Waals surface area contributed by atoms with Crippen LogP contribution in [-0.4, -0.2) is 18.6 Å². The van der Waals surface area contributed by atoms with Crippen molar-refractivity contribution in [3.8, 4) is 0 Å². The van der Waals surface area contributed by atoms with E-state index in [4.69, 9.17) is 5.73 Å². The molecule has 27 heavy (non-hydrogen) atoms. The Bertz CT molecular complexity index is 1240. The molecular weight excluding hydrogens is 358 g/mol. The minimum atomic E-state index is -3.64. The van der Waals surface area contributed by atoms with Gasteiger partial charge in [-0.25, -0.2) is 8.42 Å². The highest BCUT2D eigenvalue weighted by atomic mass is 32.2. The van der Waals surface area contributed by atoms with Crippen molar-refractivity contribution in [1.29, 1.82) is 0 Å². The van der Waals surface area contributed by atoms with E-state index in [1.165, 1.54) is 12.1 Å². The van der Waals surface area contributed by atoms with Crippen LogP contribution in [0.15, 0.2) is 82.6 Å². The summed E-state index contributed by atoms with van der Waals surface area (Å²) < 4.78 is 25.7. The molecule has 3 aromatic carbocycles. The molecule has 0 amide bonds. The number of nitrogen functional groups attached to an aromatic ring is 1. The van der Waals surface area contributed by atoms with Crippen molar-refractivity contribution in [2.24, 2.45) is 0 Å². The maximum atomic E-state index is 12.8. The van der Waals surface area contributed by atoms with Gasteiger partial charge in [-0.2, -0.15) is 5.10 Å². The second kappa shape index (κ2) is 6.74. The first-order valence-corrected chi connectivity index (χ1v) is 9.84. The van der Waals surface area contributed by atoms with Crippen LogP contribution in [0.25, 0.3) is 23.1 Å². The van der Waals surface area contributed by atoms with Crippen LogP contribution in [0.2, 0.25) is 0 Å². The fraction of sp³-hybridized carbons (Fsp3) is 0. The summed E-state index contributed by atoms with van der Waals surface area (Å²) in [6, 6.07) is 21.1. The fourth-order valence-corrected chi connectivity index (χ4v) is 4.21. The number of rotatable bonds is 4. The summed E-state index contributed by atoms with van der Waals surface area (Å²) in [5.74, 6) is 0. The number of fused-ring (bicyclic) bond motifs is 1. The van der Waals surface area contributed by atoms with Gasteiger partial charge < -0.3 is 5.73 Å². The highest BCUT2D eigenvalue weighted by Gasteiger charge is 2.19. The largest absolute Gasteiger partial charge is 0.399 e. The van der Waals surface area contributed by atoms with Gasteiger partial charge >= 0.3 is 0 Å². The molecule has 0 saturated carbocycles. The van der Waals surface area contributed by atoms with E-state index in [2.05, 4.69) is 10.2 Å². The molecule has 0 unspecified atom stereocenters. The van der Waals surface area contributed by atoms with Crippen molar-refractivity contribution >= 4 is 38.6 Å². The standard InChI is InChI=1S/C21H17N3O2S/c22-16-7-4-8-17(13-16)27(25,26)18-10-11-19-20(23-24-21(19)14-18)12-9-15-5-2-1-3-6-15/h1-14H,22H2,(H,23,24). The molecule has 0 spiro atoms. The Morgan fingerprint density at radius 3 is 2.41 bits per heavy atom. The Kier molecular flexibility index (Phi) is 4.25. The van der Waals surface area contributed by atoms with E-state index in [-0.39, 0.29) is 9.79 Å². The van der Waals surface area contributed by atoms with Gasteiger partial charge in [-0.1, -0.05) is 42.5 Å². The number of hydrogen-bond donors (Lipinski definition) is 2. The Hall–Kier alpha value is -3.38. The lowest BCUT2D eigenvalue weighted by atomic mass is 10.1. The van der Waals surface area contributed by atoms with Crippen molar-refractivity contribution < 1.29 is 8.42 Å². The van der Waals surface area contributed by atoms with Gasteiger partial charge in [0.1, 0.15) is 0 Å². The zero-order valence-corrected chi connectivity index (χ0v) is 15.1. The number of sulfone groups is 1. The number of benzene rings is 3. The highest BCUT2D eigenvalue weighted by molar-refractivity contribution is 7.91. The second-order valence-electron chi connectivity index (χ2n) is 6.14. The first kappa shape index (κ1) is 17.1. The molecule has 3 N–H and O–H groups in total. The molecule has 0 aliphatic heterocycles. The average molecular weight is 375 g/mol. The van der Waals surface area contributed by atoms with E-state index in [0.717, 1.165) is 16.6 Å². The number of nitrogens with zero attached hydrogens (tertiary/aromatic N) is 1. The molecule has 0 saturated heterocycles. The van der Waals surface area contributed by atoms with Gasteiger partial charge in [-0.05, 0) is 48.0 Å². The van der Waals surface area contributed by atoms with E-state index in [9.17, 15) is 8.42 Å². The Morgan fingerprint density at radius 1 is 0.852 bits per heavy atom. The van der Waals surface area contributed by atoms with Gasteiger partial charge in [0.2, 0.25) is 9.84 Å². The molecule has 4 aromatic rings. The number of hydrogen-bond acceptors (Lipinski definition) is 4. The van der Waals surface area contributed by atoms with Crippen molar-refractivity contribution in [3.63, 3.8) is 0 Å². The topological polar surface area (TPSA) is 88.8 Å². The minimum absolute atomic E-state index is 0.172. The SMILES string of the molecule is Nc1cccc(S(=O)(=O)c2ccc3c(C=Cc4ccccc4)n[nH]c3c2)c1. The monoisotopic (exact) mass is 375 g/mol. The summed E-state index contributed by atoms with van der Waals surface area (Å²) in [6.45, 7) is 0. The van der Waals surface area contributed by atoms with Gasteiger partial charge in [0, 0.05) is 11.1 Å². The van der Waals surface area contributed by atoms with Gasteiger partial charge in [0.25, 0.3) is 0 Å². The summed E-state index contributed by atoms with van der Waals surface area (Å²) in [5, 5.41) is 8.06. The quantitative estimate of drug-likeness (QED) is 0.525. The molecule has 6 heteroatoms.